The number of rotatable bonds is 6. The quantitative estimate of drug-likeness (QED) is 0.514. The summed E-state index contributed by atoms with van der Waals surface area (Å²) in [5.41, 5.74) is 1.20. The molecule has 0 bridgehead atoms. The number of nitrogens with one attached hydrogen (secondary N) is 2. The van der Waals surface area contributed by atoms with Gasteiger partial charge in [0.05, 0.1) is 0 Å². The topological polar surface area (TPSA) is 76.1 Å². The van der Waals surface area contributed by atoms with Crippen molar-refractivity contribution in [3.8, 4) is 0 Å². The van der Waals surface area contributed by atoms with E-state index in [0.717, 1.165) is 89.8 Å². The second-order valence-electron chi connectivity index (χ2n) is 9.39. The van der Waals surface area contributed by atoms with E-state index in [0.29, 0.717) is 17.9 Å². The van der Waals surface area contributed by atoms with Crippen LogP contribution in [-0.2, 0) is 4.79 Å². The molecular formula is C24H39N7O. The molecule has 0 spiro atoms. The number of hydrogen-bond acceptors (Lipinski definition) is 5. The zero-order chi connectivity index (χ0) is 22.3. The van der Waals surface area contributed by atoms with Gasteiger partial charge in [0, 0.05) is 77.6 Å². The van der Waals surface area contributed by atoms with Crippen LogP contribution in [0.4, 0.5) is 5.82 Å². The predicted octanol–water partition coefficient (Wildman–Crippen LogP) is 1.47. The van der Waals surface area contributed by atoms with Gasteiger partial charge in [0.15, 0.2) is 5.96 Å². The Balaban J connectivity index is 1.12. The molecule has 2 N–H and O–H groups in total. The molecule has 2 saturated heterocycles. The van der Waals surface area contributed by atoms with E-state index in [4.69, 9.17) is 0 Å². The first-order chi connectivity index (χ1) is 15.6. The lowest BCUT2D eigenvalue weighted by Gasteiger charge is -2.38. The molecule has 0 atom stereocenters. The first-order valence-electron chi connectivity index (χ1n) is 12.3. The first-order valence-corrected chi connectivity index (χ1v) is 12.3. The minimum Gasteiger partial charge on any atom is -0.356 e. The highest BCUT2D eigenvalue weighted by Gasteiger charge is 2.31. The number of nitrogens with zero attached hydrogens (tertiary/aromatic N) is 5. The molecule has 8 nitrogen and oxygen atoms in total. The summed E-state index contributed by atoms with van der Waals surface area (Å²) in [7, 11) is 1.84. The fraction of sp³-hybridized carbons (Fsp3) is 0.708. The number of piperazine rings is 1. The summed E-state index contributed by atoms with van der Waals surface area (Å²) in [6, 6.07) is 4.68. The van der Waals surface area contributed by atoms with Crippen LogP contribution in [0.2, 0.25) is 0 Å². The fourth-order valence-electron chi connectivity index (χ4n) is 4.73. The maximum atomic E-state index is 12.4. The third kappa shape index (κ3) is 5.91. The number of anilines is 1. The van der Waals surface area contributed by atoms with Crippen LogP contribution in [0.1, 0.15) is 37.7 Å². The minimum absolute atomic E-state index is 0.317. The molecule has 3 aliphatic rings. The normalized spacial score (nSPS) is 21.4. The monoisotopic (exact) mass is 441 g/mol. The number of carbonyl (C=O) groups excluding carboxylic acids is 1. The van der Waals surface area contributed by atoms with E-state index in [1.54, 1.807) is 0 Å². The molecule has 1 aromatic rings. The van der Waals surface area contributed by atoms with Crippen LogP contribution in [0, 0.1) is 12.8 Å². The van der Waals surface area contributed by atoms with Gasteiger partial charge in [-0.3, -0.25) is 14.7 Å². The van der Waals surface area contributed by atoms with Crippen LogP contribution >= 0.6 is 0 Å². The third-order valence-corrected chi connectivity index (χ3v) is 7.14. The molecule has 32 heavy (non-hydrogen) atoms. The largest absolute Gasteiger partial charge is 0.356 e. The van der Waals surface area contributed by atoms with Gasteiger partial charge in [0.1, 0.15) is 5.82 Å². The van der Waals surface area contributed by atoms with Crippen molar-refractivity contribution in [2.24, 2.45) is 10.9 Å². The standard InChI is InChI=1S/C24H39N7O/c1-19-6-7-22(27-18-19)30-11-8-21(9-12-30)28-24(25-2)26-10-13-29-14-16-31(17-15-29)23(32)20-4-3-5-20/h6-7,18,20-21H,3-5,8-17H2,1-2H3,(H2,25,26,28). The predicted molar refractivity (Wildman–Crippen MR) is 129 cm³/mol. The van der Waals surface area contributed by atoms with Gasteiger partial charge in [0.2, 0.25) is 5.91 Å². The third-order valence-electron chi connectivity index (χ3n) is 7.14. The zero-order valence-electron chi connectivity index (χ0n) is 19.7. The van der Waals surface area contributed by atoms with Crippen LogP contribution in [0.25, 0.3) is 0 Å². The van der Waals surface area contributed by atoms with Crippen molar-refractivity contribution in [3.63, 3.8) is 0 Å². The van der Waals surface area contributed by atoms with Gasteiger partial charge in [-0.25, -0.2) is 4.98 Å². The van der Waals surface area contributed by atoms with Crippen LogP contribution in [0.15, 0.2) is 23.3 Å². The van der Waals surface area contributed by atoms with E-state index in [9.17, 15) is 4.79 Å². The summed E-state index contributed by atoms with van der Waals surface area (Å²) >= 11 is 0. The van der Waals surface area contributed by atoms with Crippen LogP contribution in [-0.4, -0.2) is 92.1 Å². The van der Waals surface area contributed by atoms with E-state index in [-0.39, 0.29) is 0 Å². The molecule has 1 aliphatic carbocycles. The zero-order valence-corrected chi connectivity index (χ0v) is 19.7. The molecule has 0 radical (unpaired) electrons. The number of guanidine groups is 1. The molecule has 8 heteroatoms. The average molecular weight is 442 g/mol. The maximum absolute atomic E-state index is 12.4. The van der Waals surface area contributed by atoms with Crippen molar-refractivity contribution in [1.82, 2.24) is 25.4 Å². The molecule has 0 aromatic carbocycles. The molecule has 176 valence electrons. The van der Waals surface area contributed by atoms with Gasteiger partial charge >= 0.3 is 0 Å². The molecule has 1 amide bonds. The lowest BCUT2D eigenvalue weighted by Crippen LogP contribution is -2.53. The van der Waals surface area contributed by atoms with Crippen molar-refractivity contribution < 1.29 is 4.79 Å². The highest BCUT2D eigenvalue weighted by Crippen LogP contribution is 2.28. The van der Waals surface area contributed by atoms with E-state index in [1.807, 2.05) is 13.2 Å². The first kappa shape index (κ1) is 22.8. The Hall–Kier alpha value is -2.35. The Kier molecular flexibility index (Phi) is 7.84. The summed E-state index contributed by atoms with van der Waals surface area (Å²) in [4.78, 5) is 28.3. The number of amides is 1. The Bertz CT molecular complexity index is 761. The van der Waals surface area contributed by atoms with Gasteiger partial charge in [0.25, 0.3) is 0 Å². The maximum Gasteiger partial charge on any atom is 0.225 e. The van der Waals surface area contributed by atoms with Gasteiger partial charge in [-0.15, -0.1) is 0 Å². The van der Waals surface area contributed by atoms with E-state index < -0.39 is 0 Å². The van der Waals surface area contributed by atoms with Crippen molar-refractivity contribution in [3.05, 3.63) is 23.9 Å². The van der Waals surface area contributed by atoms with Crippen LogP contribution in [0.5, 0.6) is 0 Å². The van der Waals surface area contributed by atoms with Crippen LogP contribution < -0.4 is 15.5 Å². The smallest absolute Gasteiger partial charge is 0.225 e. The van der Waals surface area contributed by atoms with Crippen molar-refractivity contribution in [2.45, 2.75) is 45.1 Å². The second kappa shape index (κ2) is 11.0. The summed E-state index contributed by atoms with van der Waals surface area (Å²) in [6.07, 6.45) is 7.51. The van der Waals surface area contributed by atoms with Crippen molar-refractivity contribution >= 4 is 17.7 Å². The molecule has 1 saturated carbocycles. The Labute approximate surface area is 192 Å². The van der Waals surface area contributed by atoms with Gasteiger partial charge in [-0.2, -0.15) is 0 Å². The summed E-state index contributed by atoms with van der Waals surface area (Å²) in [5.74, 6) is 2.67. The molecule has 3 fully saturated rings. The number of piperidine rings is 1. The minimum atomic E-state index is 0.317. The second-order valence-corrected chi connectivity index (χ2v) is 9.39. The van der Waals surface area contributed by atoms with E-state index in [1.165, 1.54) is 12.0 Å². The highest BCUT2D eigenvalue weighted by molar-refractivity contribution is 5.80. The van der Waals surface area contributed by atoms with E-state index in [2.05, 4.69) is 54.4 Å². The Morgan fingerprint density at radius 2 is 1.84 bits per heavy atom. The number of carbonyl (C=O) groups is 1. The number of pyridine rings is 1. The van der Waals surface area contributed by atoms with Gasteiger partial charge < -0.3 is 20.4 Å². The van der Waals surface area contributed by atoms with E-state index >= 15 is 0 Å². The van der Waals surface area contributed by atoms with Gasteiger partial charge in [-0.05, 0) is 44.2 Å². The number of aromatic nitrogens is 1. The molecule has 2 aliphatic heterocycles. The molecule has 4 rings (SSSR count). The highest BCUT2D eigenvalue weighted by atomic mass is 16.2. The van der Waals surface area contributed by atoms with Crippen molar-refractivity contribution in [1.29, 1.82) is 0 Å². The molecular weight excluding hydrogens is 402 g/mol. The number of aliphatic imine (C=N–C) groups is 1. The summed E-state index contributed by atoms with van der Waals surface area (Å²) in [5, 5.41) is 7.07. The molecule has 3 heterocycles. The Morgan fingerprint density at radius 3 is 2.44 bits per heavy atom. The lowest BCUT2D eigenvalue weighted by molar-refractivity contribution is -0.139. The molecule has 1 aromatic heterocycles. The van der Waals surface area contributed by atoms with Crippen molar-refractivity contribution in [2.75, 3.05) is 64.3 Å². The number of hydrogen-bond donors (Lipinski definition) is 2. The van der Waals surface area contributed by atoms with Gasteiger partial charge in [-0.1, -0.05) is 12.5 Å². The summed E-state index contributed by atoms with van der Waals surface area (Å²) in [6.45, 7) is 9.61. The lowest BCUT2D eigenvalue weighted by atomic mass is 9.84. The fourth-order valence-corrected chi connectivity index (χ4v) is 4.73. The van der Waals surface area contributed by atoms with Crippen LogP contribution in [0.3, 0.4) is 0 Å². The SMILES string of the molecule is CN=C(NCCN1CCN(C(=O)C2CCC2)CC1)NC1CCN(c2ccc(C)cn2)CC1. The summed E-state index contributed by atoms with van der Waals surface area (Å²) < 4.78 is 0. The Morgan fingerprint density at radius 1 is 1.09 bits per heavy atom. The number of aryl methyl sites for hydroxylation is 1. The molecule has 0 unspecified atom stereocenters. The average Bonchev–Trinajstić information content (AvgIpc) is 2.79.